The third kappa shape index (κ3) is 1.97. The lowest BCUT2D eigenvalue weighted by Gasteiger charge is -2.63. The molecule has 5 aliphatic heterocycles. The predicted molar refractivity (Wildman–Crippen MR) is 122 cm³/mol. The molecule has 3 aliphatic carbocycles. The summed E-state index contributed by atoms with van der Waals surface area (Å²) in [6.07, 6.45) is 6.24. The van der Waals surface area contributed by atoms with Crippen molar-refractivity contribution in [3.8, 4) is 0 Å². The summed E-state index contributed by atoms with van der Waals surface area (Å²) < 4.78 is 25.1. The highest BCUT2D eigenvalue weighted by Gasteiger charge is 2.93. The molecule has 9 heteroatoms. The van der Waals surface area contributed by atoms with Gasteiger partial charge in [-0.25, -0.2) is 4.79 Å². The zero-order chi connectivity index (χ0) is 26.0. The Labute approximate surface area is 213 Å². The third-order valence-corrected chi connectivity index (χ3v) is 12.0. The molecule has 5 heterocycles. The van der Waals surface area contributed by atoms with Crippen molar-refractivity contribution in [1.82, 2.24) is 0 Å². The van der Waals surface area contributed by atoms with E-state index in [2.05, 4.69) is 0 Å². The average molecular weight is 511 g/mol. The maximum atomic E-state index is 14.8. The minimum atomic E-state index is -2.17. The second-order valence-electron chi connectivity index (χ2n) is 13.0. The summed E-state index contributed by atoms with van der Waals surface area (Å²) in [6.45, 7) is 5.29. The fraction of sp³-hybridized carbons (Fsp3) is 0.714. The fourth-order valence-electron chi connectivity index (χ4n) is 10.0. The molecule has 0 aromatic rings. The Morgan fingerprint density at radius 3 is 2.65 bits per heavy atom. The summed E-state index contributed by atoms with van der Waals surface area (Å²) >= 11 is 0. The standard InChI is InChI=1S/C28H30O9/c1-23-11-18-25(3)28-19(23)20(30)27(37-28,34-12-16(23)21(31)35-18)15-8-7-13-5-4-6-17(29)24(13,2)14(15)9-10-26(28,33)22(32)36-25/h4,6-7,14-16,18-19,33H,5,8-12H2,1-3H3/t14?,15?,16-,18?,19?,23+,24-,25-,26+,27+,28-/m0/s1. The smallest absolute Gasteiger partial charge is 0.342 e. The van der Waals surface area contributed by atoms with Crippen LogP contribution in [0.5, 0.6) is 0 Å². The minimum absolute atomic E-state index is 0.0380. The Morgan fingerprint density at radius 1 is 1.08 bits per heavy atom. The molecule has 11 atom stereocenters. The van der Waals surface area contributed by atoms with Gasteiger partial charge in [0.05, 0.1) is 23.9 Å². The van der Waals surface area contributed by atoms with Gasteiger partial charge in [0.2, 0.25) is 5.79 Å². The summed E-state index contributed by atoms with van der Waals surface area (Å²) in [5.41, 5.74) is -6.43. The predicted octanol–water partition coefficient (Wildman–Crippen LogP) is 1.56. The zero-order valence-electron chi connectivity index (χ0n) is 21.1. The molecular formula is C28H30O9. The van der Waals surface area contributed by atoms with Crippen LogP contribution in [0, 0.1) is 34.5 Å². The second-order valence-corrected chi connectivity index (χ2v) is 13.0. The topological polar surface area (TPSA) is 125 Å². The quantitative estimate of drug-likeness (QED) is 0.382. The van der Waals surface area contributed by atoms with Crippen molar-refractivity contribution >= 4 is 23.5 Å². The summed E-state index contributed by atoms with van der Waals surface area (Å²) in [7, 11) is 0. The summed E-state index contributed by atoms with van der Waals surface area (Å²) in [6, 6.07) is 0. The fourth-order valence-corrected chi connectivity index (χ4v) is 10.0. The number of rotatable bonds is 0. The zero-order valence-corrected chi connectivity index (χ0v) is 21.1. The van der Waals surface area contributed by atoms with Gasteiger partial charge in [-0.3, -0.25) is 14.4 Å². The van der Waals surface area contributed by atoms with E-state index in [-0.39, 0.29) is 24.6 Å². The molecule has 0 aromatic heterocycles. The van der Waals surface area contributed by atoms with Crippen LogP contribution in [0.1, 0.15) is 52.9 Å². The molecule has 1 saturated carbocycles. The van der Waals surface area contributed by atoms with Crippen LogP contribution >= 0.6 is 0 Å². The number of Topliss-reactive ketones (excluding diaryl/α,β-unsaturated/α-hetero) is 1. The largest absolute Gasteiger partial charge is 0.458 e. The number of hydrogen-bond acceptors (Lipinski definition) is 9. The number of ether oxygens (including phenoxy) is 4. The van der Waals surface area contributed by atoms with Gasteiger partial charge >= 0.3 is 11.9 Å². The van der Waals surface area contributed by atoms with E-state index in [4.69, 9.17) is 18.9 Å². The minimum Gasteiger partial charge on any atom is -0.458 e. The Morgan fingerprint density at radius 2 is 1.86 bits per heavy atom. The summed E-state index contributed by atoms with van der Waals surface area (Å²) in [4.78, 5) is 55.2. The van der Waals surface area contributed by atoms with Gasteiger partial charge in [0.1, 0.15) is 6.10 Å². The third-order valence-electron chi connectivity index (χ3n) is 12.0. The maximum Gasteiger partial charge on any atom is 0.342 e. The number of carbonyl (C=O) groups is 4. The van der Waals surface area contributed by atoms with Gasteiger partial charge in [-0.05, 0) is 63.4 Å². The first kappa shape index (κ1) is 22.6. The monoisotopic (exact) mass is 510 g/mol. The van der Waals surface area contributed by atoms with Crippen LogP contribution in [0.2, 0.25) is 0 Å². The molecule has 0 aromatic carbocycles. The number of allylic oxidation sites excluding steroid dienone is 4. The van der Waals surface area contributed by atoms with Crippen LogP contribution in [0.3, 0.4) is 0 Å². The lowest BCUT2D eigenvalue weighted by atomic mass is 9.46. The highest BCUT2D eigenvalue weighted by Crippen LogP contribution is 2.75. The maximum absolute atomic E-state index is 14.8. The molecule has 5 bridgehead atoms. The normalized spacial score (nSPS) is 58.5. The van der Waals surface area contributed by atoms with Gasteiger partial charge < -0.3 is 24.1 Å². The lowest BCUT2D eigenvalue weighted by molar-refractivity contribution is -0.374. The van der Waals surface area contributed by atoms with Crippen molar-refractivity contribution in [3.63, 3.8) is 0 Å². The van der Waals surface area contributed by atoms with Crippen LogP contribution in [0.25, 0.3) is 0 Å². The lowest BCUT2D eigenvalue weighted by Crippen LogP contribution is -2.79. The van der Waals surface area contributed by atoms with E-state index in [1.165, 1.54) is 0 Å². The molecule has 0 radical (unpaired) electrons. The molecular weight excluding hydrogens is 480 g/mol. The Balaban J connectivity index is 1.43. The first-order chi connectivity index (χ1) is 17.4. The number of hydrogen-bond donors (Lipinski definition) is 1. The molecule has 5 saturated heterocycles. The first-order valence-corrected chi connectivity index (χ1v) is 13.4. The number of fused-ring (bicyclic) bond motifs is 5. The van der Waals surface area contributed by atoms with Crippen molar-refractivity contribution in [2.24, 2.45) is 34.5 Å². The van der Waals surface area contributed by atoms with Crippen molar-refractivity contribution in [1.29, 1.82) is 0 Å². The highest BCUT2D eigenvalue weighted by atomic mass is 16.8. The van der Waals surface area contributed by atoms with Crippen LogP contribution in [-0.2, 0) is 38.1 Å². The van der Waals surface area contributed by atoms with Crippen molar-refractivity contribution in [2.45, 2.75) is 81.6 Å². The molecule has 1 N–H and O–H groups in total. The van der Waals surface area contributed by atoms with Gasteiger partial charge in [-0.15, -0.1) is 0 Å². The van der Waals surface area contributed by atoms with E-state index >= 15 is 0 Å². The number of carbonyl (C=O) groups excluding carboxylic acids is 4. The van der Waals surface area contributed by atoms with Gasteiger partial charge in [0.25, 0.3) is 0 Å². The SMILES string of the molecule is C[C@]12C(=O)C=CCC1=CCC1C2CC[C@@]2(O)C(=O)O[C@@]3(C)C4C[C@@]5(C)C6C(=O)[C@]1(OC[C@H]5C(=O)O4)O[C@]623. The molecule has 6 fully saturated rings. The molecule has 8 rings (SSSR count). The van der Waals surface area contributed by atoms with Crippen LogP contribution in [0.15, 0.2) is 23.8 Å². The van der Waals surface area contributed by atoms with E-state index < -0.39 is 75.1 Å². The number of esters is 2. The molecule has 37 heavy (non-hydrogen) atoms. The first-order valence-electron chi connectivity index (χ1n) is 13.4. The number of aliphatic hydroxyl groups is 1. The van der Waals surface area contributed by atoms with Gasteiger partial charge in [-0.1, -0.05) is 24.6 Å². The van der Waals surface area contributed by atoms with E-state index in [1.54, 1.807) is 13.0 Å². The average Bonchev–Trinajstić information content (AvgIpc) is 3.16. The second kappa shape index (κ2) is 6.10. The molecule has 2 spiro atoms. The van der Waals surface area contributed by atoms with E-state index in [1.807, 2.05) is 26.0 Å². The molecule has 9 nitrogen and oxygen atoms in total. The Hall–Kier alpha value is -2.36. The van der Waals surface area contributed by atoms with Gasteiger partial charge in [0, 0.05) is 5.92 Å². The highest BCUT2D eigenvalue weighted by molar-refractivity contribution is 6.01. The van der Waals surface area contributed by atoms with E-state index in [0.29, 0.717) is 25.7 Å². The van der Waals surface area contributed by atoms with Crippen LogP contribution in [0.4, 0.5) is 0 Å². The Kier molecular flexibility index (Phi) is 3.73. The molecule has 4 unspecified atom stereocenters. The molecule has 196 valence electrons. The van der Waals surface area contributed by atoms with Crippen LogP contribution < -0.4 is 0 Å². The van der Waals surface area contributed by atoms with E-state index in [0.717, 1.165) is 5.57 Å². The van der Waals surface area contributed by atoms with Crippen molar-refractivity contribution in [3.05, 3.63) is 23.8 Å². The van der Waals surface area contributed by atoms with Crippen molar-refractivity contribution < 1.29 is 43.2 Å². The van der Waals surface area contributed by atoms with Gasteiger partial charge in [-0.2, -0.15) is 0 Å². The Bertz CT molecular complexity index is 1300. The molecule has 8 aliphatic rings. The van der Waals surface area contributed by atoms with E-state index in [9.17, 15) is 24.3 Å². The summed E-state index contributed by atoms with van der Waals surface area (Å²) in [5, 5.41) is 12.4. The van der Waals surface area contributed by atoms with Gasteiger partial charge in [0.15, 0.2) is 28.4 Å². The van der Waals surface area contributed by atoms with Crippen molar-refractivity contribution in [2.75, 3.05) is 6.61 Å². The van der Waals surface area contributed by atoms with Crippen LogP contribution in [-0.4, -0.2) is 63.9 Å². The molecule has 0 amide bonds. The number of ketones is 2. The summed E-state index contributed by atoms with van der Waals surface area (Å²) in [5.74, 6) is -6.36.